The molecule has 0 bridgehead atoms. The largest absolute Gasteiger partial charge is 0.348 e. The molecule has 0 saturated heterocycles. The number of hydrogen-bond acceptors (Lipinski definition) is 3. The van der Waals surface area contributed by atoms with E-state index in [1.165, 1.54) is 12.1 Å². The van der Waals surface area contributed by atoms with Gasteiger partial charge >= 0.3 is 0 Å². The second-order valence-electron chi connectivity index (χ2n) is 4.22. The molecule has 1 aliphatic rings. The van der Waals surface area contributed by atoms with Crippen molar-refractivity contribution in [3.8, 4) is 6.07 Å². The normalized spacial score (nSPS) is 22.5. The topological polar surface area (TPSA) is 65.8 Å². The van der Waals surface area contributed by atoms with E-state index in [2.05, 4.69) is 16.4 Å². The molecule has 94 valence electrons. The van der Waals surface area contributed by atoms with E-state index >= 15 is 0 Å². The van der Waals surface area contributed by atoms with Crippen LogP contribution in [0, 0.1) is 17.2 Å². The predicted octanol–water partition coefficient (Wildman–Crippen LogP) is 2.81. The molecule has 1 heterocycles. The molecule has 0 radical (unpaired) electrons. The van der Waals surface area contributed by atoms with Crippen molar-refractivity contribution in [2.45, 2.75) is 25.3 Å². The molecule has 18 heavy (non-hydrogen) atoms. The molecular weight excluding hydrogens is 273 g/mol. The van der Waals surface area contributed by atoms with Gasteiger partial charge in [0.1, 0.15) is 10.3 Å². The highest BCUT2D eigenvalue weighted by molar-refractivity contribution is 6.34. The lowest BCUT2D eigenvalue weighted by Crippen LogP contribution is -2.37. The number of halogens is 2. The molecule has 1 aromatic rings. The molecule has 0 aromatic carbocycles. The number of hydrogen-bond donors (Lipinski definition) is 1. The van der Waals surface area contributed by atoms with Crippen LogP contribution in [0.15, 0.2) is 12.1 Å². The minimum Gasteiger partial charge on any atom is -0.348 e. The quantitative estimate of drug-likeness (QED) is 0.849. The van der Waals surface area contributed by atoms with Crippen molar-refractivity contribution in [3.63, 3.8) is 0 Å². The number of carbonyl (C=O) groups is 1. The minimum absolute atomic E-state index is 0.0755. The molecule has 1 fully saturated rings. The SMILES string of the molecule is N#CC1CCCC1NC(=O)c1ccc(Cl)nc1Cl. The lowest BCUT2D eigenvalue weighted by molar-refractivity contribution is 0.0932. The molecule has 2 rings (SSSR count). The summed E-state index contributed by atoms with van der Waals surface area (Å²) >= 11 is 11.5. The number of nitrogens with zero attached hydrogens (tertiary/aromatic N) is 2. The van der Waals surface area contributed by atoms with Gasteiger partial charge < -0.3 is 5.32 Å². The van der Waals surface area contributed by atoms with E-state index in [0.29, 0.717) is 0 Å². The molecule has 4 nitrogen and oxygen atoms in total. The van der Waals surface area contributed by atoms with Crippen LogP contribution >= 0.6 is 23.2 Å². The van der Waals surface area contributed by atoms with Crippen LogP contribution in [0.3, 0.4) is 0 Å². The van der Waals surface area contributed by atoms with Crippen molar-refractivity contribution >= 4 is 29.1 Å². The molecule has 0 spiro atoms. The van der Waals surface area contributed by atoms with Gasteiger partial charge in [-0.15, -0.1) is 0 Å². The molecule has 1 aromatic heterocycles. The van der Waals surface area contributed by atoms with Crippen molar-refractivity contribution in [2.75, 3.05) is 0 Å². The third kappa shape index (κ3) is 2.74. The molecular formula is C12H11Cl2N3O. The number of carbonyl (C=O) groups excluding carboxylic acids is 1. The zero-order valence-corrected chi connectivity index (χ0v) is 11.0. The molecule has 2 unspecified atom stereocenters. The second-order valence-corrected chi connectivity index (χ2v) is 4.96. The van der Waals surface area contributed by atoms with Gasteiger partial charge in [0.05, 0.1) is 17.6 Å². The summed E-state index contributed by atoms with van der Waals surface area (Å²) in [5.41, 5.74) is 0.282. The predicted molar refractivity (Wildman–Crippen MR) is 68.5 cm³/mol. The highest BCUT2D eigenvalue weighted by Gasteiger charge is 2.29. The van der Waals surface area contributed by atoms with Crippen LogP contribution in [0.2, 0.25) is 10.3 Å². The number of nitriles is 1. The second kappa shape index (κ2) is 5.55. The Hall–Kier alpha value is -1.31. The Morgan fingerprint density at radius 2 is 2.22 bits per heavy atom. The van der Waals surface area contributed by atoms with Gasteiger partial charge in [-0.05, 0) is 31.4 Å². The summed E-state index contributed by atoms with van der Waals surface area (Å²) in [5, 5.41) is 12.1. The van der Waals surface area contributed by atoms with Crippen LogP contribution < -0.4 is 5.32 Å². The van der Waals surface area contributed by atoms with Gasteiger partial charge in [-0.2, -0.15) is 5.26 Å². The first-order valence-corrected chi connectivity index (χ1v) is 6.40. The summed E-state index contributed by atoms with van der Waals surface area (Å²) in [5.74, 6) is -0.427. The number of nitrogens with one attached hydrogen (secondary N) is 1. The standard InChI is InChI=1S/C12H11Cl2N3O/c13-10-5-4-8(11(14)17-10)12(18)16-9-3-1-2-7(9)6-15/h4-5,7,9H,1-3H2,(H,16,18). The summed E-state index contributed by atoms with van der Waals surface area (Å²) in [6.07, 6.45) is 2.60. The fourth-order valence-electron chi connectivity index (χ4n) is 2.11. The summed E-state index contributed by atoms with van der Waals surface area (Å²) in [4.78, 5) is 15.8. The average molecular weight is 284 g/mol. The van der Waals surface area contributed by atoms with Crippen LogP contribution in [-0.4, -0.2) is 16.9 Å². The minimum atomic E-state index is -0.309. The molecule has 1 amide bonds. The van der Waals surface area contributed by atoms with Crippen LogP contribution in [0.1, 0.15) is 29.6 Å². The number of pyridine rings is 1. The zero-order valence-electron chi connectivity index (χ0n) is 9.49. The van der Waals surface area contributed by atoms with Crippen LogP contribution in [0.5, 0.6) is 0 Å². The first-order chi connectivity index (χ1) is 8.61. The Bertz CT molecular complexity index is 513. The Morgan fingerprint density at radius 3 is 2.89 bits per heavy atom. The van der Waals surface area contributed by atoms with Gasteiger partial charge in [0.15, 0.2) is 0 Å². The average Bonchev–Trinajstić information content (AvgIpc) is 2.76. The highest BCUT2D eigenvalue weighted by Crippen LogP contribution is 2.25. The Balaban J connectivity index is 2.10. The lowest BCUT2D eigenvalue weighted by atomic mass is 10.1. The van der Waals surface area contributed by atoms with E-state index in [1.54, 1.807) is 0 Å². The number of aromatic nitrogens is 1. The monoisotopic (exact) mass is 283 g/mol. The van der Waals surface area contributed by atoms with Crippen molar-refractivity contribution in [1.82, 2.24) is 10.3 Å². The summed E-state index contributed by atoms with van der Waals surface area (Å²) in [6, 6.07) is 5.15. The third-order valence-electron chi connectivity index (χ3n) is 3.06. The molecule has 1 saturated carbocycles. The van der Waals surface area contributed by atoms with E-state index in [-0.39, 0.29) is 33.7 Å². The molecule has 6 heteroatoms. The number of rotatable bonds is 2. The van der Waals surface area contributed by atoms with Crippen LogP contribution in [0.4, 0.5) is 0 Å². The maximum Gasteiger partial charge on any atom is 0.254 e. The van der Waals surface area contributed by atoms with Crippen molar-refractivity contribution < 1.29 is 4.79 Å². The molecule has 0 aliphatic heterocycles. The van der Waals surface area contributed by atoms with Gasteiger partial charge in [-0.1, -0.05) is 23.2 Å². The van der Waals surface area contributed by atoms with Crippen molar-refractivity contribution in [2.24, 2.45) is 5.92 Å². The van der Waals surface area contributed by atoms with Crippen LogP contribution in [-0.2, 0) is 0 Å². The van der Waals surface area contributed by atoms with E-state index in [9.17, 15) is 4.79 Å². The molecule has 1 aliphatic carbocycles. The first-order valence-electron chi connectivity index (χ1n) is 5.64. The van der Waals surface area contributed by atoms with E-state index in [4.69, 9.17) is 28.5 Å². The zero-order chi connectivity index (χ0) is 13.1. The van der Waals surface area contributed by atoms with Gasteiger partial charge in [-0.25, -0.2) is 4.98 Å². The van der Waals surface area contributed by atoms with Gasteiger partial charge in [-0.3, -0.25) is 4.79 Å². The Labute approximate surface area is 115 Å². The van der Waals surface area contributed by atoms with E-state index < -0.39 is 0 Å². The molecule has 2 atom stereocenters. The fourth-order valence-corrected chi connectivity index (χ4v) is 2.55. The highest BCUT2D eigenvalue weighted by atomic mass is 35.5. The Morgan fingerprint density at radius 1 is 1.44 bits per heavy atom. The van der Waals surface area contributed by atoms with Gasteiger partial charge in [0, 0.05) is 6.04 Å². The van der Waals surface area contributed by atoms with Crippen molar-refractivity contribution in [3.05, 3.63) is 28.0 Å². The van der Waals surface area contributed by atoms with E-state index in [1.807, 2.05) is 0 Å². The maximum atomic E-state index is 12.0. The fraction of sp³-hybridized carbons (Fsp3) is 0.417. The smallest absolute Gasteiger partial charge is 0.254 e. The number of amides is 1. The first kappa shape index (κ1) is 13.1. The van der Waals surface area contributed by atoms with Gasteiger partial charge in [0.25, 0.3) is 5.91 Å². The van der Waals surface area contributed by atoms with Crippen molar-refractivity contribution in [1.29, 1.82) is 5.26 Å². The summed E-state index contributed by atoms with van der Waals surface area (Å²) in [6.45, 7) is 0. The maximum absolute atomic E-state index is 12.0. The third-order valence-corrected chi connectivity index (χ3v) is 3.56. The lowest BCUT2D eigenvalue weighted by Gasteiger charge is -2.15. The van der Waals surface area contributed by atoms with Crippen LogP contribution in [0.25, 0.3) is 0 Å². The Kier molecular flexibility index (Phi) is 4.05. The molecule has 1 N–H and O–H groups in total. The summed E-state index contributed by atoms with van der Waals surface area (Å²) in [7, 11) is 0. The van der Waals surface area contributed by atoms with Gasteiger partial charge in [0.2, 0.25) is 0 Å². The summed E-state index contributed by atoms with van der Waals surface area (Å²) < 4.78 is 0. The van der Waals surface area contributed by atoms with E-state index in [0.717, 1.165) is 19.3 Å².